The van der Waals surface area contributed by atoms with Gasteiger partial charge in [-0.15, -0.1) is 0 Å². The third kappa shape index (κ3) is 2.89. The molecule has 2 aromatic carbocycles. The Morgan fingerprint density at radius 2 is 1.91 bits per heavy atom. The van der Waals surface area contributed by atoms with Gasteiger partial charge in [-0.1, -0.05) is 24.3 Å². The Morgan fingerprint density at radius 3 is 2.61 bits per heavy atom. The second-order valence-electron chi connectivity index (χ2n) is 5.08. The molecule has 114 valence electrons. The predicted molar refractivity (Wildman–Crippen MR) is 88.7 cm³/mol. The van der Waals surface area contributed by atoms with Crippen LogP contribution in [0.2, 0.25) is 0 Å². The van der Waals surface area contributed by atoms with Crippen molar-refractivity contribution in [2.75, 3.05) is 0 Å². The van der Waals surface area contributed by atoms with Crippen LogP contribution >= 0.6 is 0 Å². The standard InChI is InChI=1S/C18H14N2O3/c1-12-19-16-9-7-13(8-10-17(21)22)11-15(16)18(23)20(12)14-5-3-2-4-6-14/h2-11H,1H3,(H,21,22)/b10-8+. The van der Waals surface area contributed by atoms with Crippen molar-refractivity contribution in [2.45, 2.75) is 6.92 Å². The Morgan fingerprint density at radius 1 is 1.17 bits per heavy atom. The van der Waals surface area contributed by atoms with Gasteiger partial charge in [-0.25, -0.2) is 9.78 Å². The van der Waals surface area contributed by atoms with Crippen molar-refractivity contribution in [1.29, 1.82) is 0 Å². The summed E-state index contributed by atoms with van der Waals surface area (Å²) in [6.07, 6.45) is 2.49. The molecule has 0 saturated heterocycles. The normalized spacial score (nSPS) is 11.2. The van der Waals surface area contributed by atoms with E-state index >= 15 is 0 Å². The lowest BCUT2D eigenvalue weighted by molar-refractivity contribution is -0.131. The number of aryl methyl sites for hydroxylation is 1. The van der Waals surface area contributed by atoms with E-state index in [-0.39, 0.29) is 5.56 Å². The number of aliphatic carboxylic acids is 1. The molecule has 0 spiro atoms. The molecular formula is C18H14N2O3. The molecule has 3 rings (SSSR count). The van der Waals surface area contributed by atoms with Crippen LogP contribution in [-0.4, -0.2) is 20.6 Å². The third-order valence-electron chi connectivity index (χ3n) is 3.49. The van der Waals surface area contributed by atoms with Gasteiger partial charge in [0.05, 0.1) is 16.6 Å². The van der Waals surface area contributed by atoms with Crippen molar-refractivity contribution in [1.82, 2.24) is 9.55 Å². The summed E-state index contributed by atoms with van der Waals surface area (Å²) in [5.74, 6) is -0.434. The predicted octanol–water partition coefficient (Wildman–Crippen LogP) is 2.79. The first kappa shape index (κ1) is 14.7. The van der Waals surface area contributed by atoms with Crippen LogP contribution in [-0.2, 0) is 4.79 Å². The average Bonchev–Trinajstić information content (AvgIpc) is 2.54. The summed E-state index contributed by atoms with van der Waals surface area (Å²) in [6, 6.07) is 14.4. The Kier molecular flexibility index (Phi) is 3.76. The molecule has 5 nitrogen and oxygen atoms in total. The largest absolute Gasteiger partial charge is 0.478 e. The molecule has 0 amide bonds. The second kappa shape index (κ2) is 5.88. The molecule has 0 aliphatic carbocycles. The number of carboxylic acid groups (broad SMARTS) is 1. The monoisotopic (exact) mass is 306 g/mol. The summed E-state index contributed by atoms with van der Waals surface area (Å²) < 4.78 is 1.55. The topological polar surface area (TPSA) is 72.2 Å². The lowest BCUT2D eigenvalue weighted by atomic mass is 10.1. The van der Waals surface area contributed by atoms with Crippen molar-refractivity contribution in [3.8, 4) is 5.69 Å². The number of benzene rings is 2. The molecule has 0 aliphatic rings. The minimum absolute atomic E-state index is 0.177. The van der Waals surface area contributed by atoms with E-state index in [4.69, 9.17) is 5.11 Å². The first-order valence-corrected chi connectivity index (χ1v) is 7.06. The van der Waals surface area contributed by atoms with Gasteiger partial charge >= 0.3 is 5.97 Å². The van der Waals surface area contributed by atoms with Crippen molar-refractivity contribution in [3.63, 3.8) is 0 Å². The summed E-state index contributed by atoms with van der Waals surface area (Å²) in [7, 11) is 0. The minimum Gasteiger partial charge on any atom is -0.478 e. The van der Waals surface area contributed by atoms with Crippen LogP contribution in [0, 0.1) is 6.92 Å². The van der Waals surface area contributed by atoms with Gasteiger partial charge in [-0.05, 0) is 42.8 Å². The molecule has 3 aromatic rings. The number of hydrogen-bond acceptors (Lipinski definition) is 3. The highest BCUT2D eigenvalue weighted by Gasteiger charge is 2.09. The Labute approximate surface area is 132 Å². The molecule has 1 heterocycles. The number of rotatable bonds is 3. The van der Waals surface area contributed by atoms with Gasteiger partial charge in [0.15, 0.2) is 0 Å². The number of hydrogen-bond donors (Lipinski definition) is 1. The van der Waals surface area contributed by atoms with E-state index < -0.39 is 5.97 Å². The maximum atomic E-state index is 12.8. The second-order valence-corrected chi connectivity index (χ2v) is 5.08. The number of carbonyl (C=O) groups is 1. The van der Waals surface area contributed by atoms with Crippen LogP contribution in [0.25, 0.3) is 22.7 Å². The highest BCUT2D eigenvalue weighted by molar-refractivity contribution is 5.87. The quantitative estimate of drug-likeness (QED) is 0.755. The molecule has 0 fully saturated rings. The molecule has 0 saturated carbocycles. The fourth-order valence-electron chi connectivity index (χ4n) is 2.47. The molecule has 0 bridgehead atoms. The molecule has 1 aromatic heterocycles. The Balaban J connectivity index is 2.24. The van der Waals surface area contributed by atoms with Crippen LogP contribution in [0.1, 0.15) is 11.4 Å². The fourth-order valence-corrected chi connectivity index (χ4v) is 2.47. The SMILES string of the molecule is Cc1nc2ccc(/C=C/C(=O)O)cc2c(=O)n1-c1ccccc1. The van der Waals surface area contributed by atoms with Gasteiger partial charge in [-0.3, -0.25) is 9.36 Å². The lowest BCUT2D eigenvalue weighted by Gasteiger charge is -2.11. The van der Waals surface area contributed by atoms with Crippen LogP contribution < -0.4 is 5.56 Å². The van der Waals surface area contributed by atoms with Crippen LogP contribution in [0.15, 0.2) is 59.4 Å². The van der Waals surface area contributed by atoms with E-state index in [0.29, 0.717) is 22.3 Å². The minimum atomic E-state index is -1.03. The zero-order chi connectivity index (χ0) is 16.4. The number of para-hydroxylation sites is 1. The third-order valence-corrected chi connectivity index (χ3v) is 3.49. The first-order chi connectivity index (χ1) is 11.1. The highest BCUT2D eigenvalue weighted by atomic mass is 16.4. The van der Waals surface area contributed by atoms with Gasteiger partial charge in [0.1, 0.15) is 5.82 Å². The number of carboxylic acids is 1. The van der Waals surface area contributed by atoms with Crippen molar-refractivity contribution in [3.05, 3.63) is 76.3 Å². The van der Waals surface area contributed by atoms with Gasteiger partial charge in [-0.2, -0.15) is 0 Å². The van der Waals surface area contributed by atoms with Gasteiger partial charge in [0.2, 0.25) is 0 Å². The first-order valence-electron chi connectivity index (χ1n) is 7.06. The van der Waals surface area contributed by atoms with E-state index in [1.807, 2.05) is 30.3 Å². The average molecular weight is 306 g/mol. The highest BCUT2D eigenvalue weighted by Crippen LogP contribution is 2.15. The molecule has 5 heteroatoms. The molecular weight excluding hydrogens is 292 g/mol. The van der Waals surface area contributed by atoms with Crippen LogP contribution in [0.3, 0.4) is 0 Å². The summed E-state index contributed by atoms with van der Waals surface area (Å²) in [6.45, 7) is 1.78. The molecule has 1 N–H and O–H groups in total. The van der Waals surface area contributed by atoms with E-state index in [0.717, 1.165) is 11.8 Å². The van der Waals surface area contributed by atoms with E-state index in [2.05, 4.69) is 4.98 Å². The van der Waals surface area contributed by atoms with E-state index in [9.17, 15) is 9.59 Å². The summed E-state index contributed by atoms with van der Waals surface area (Å²) >= 11 is 0. The number of nitrogens with zero attached hydrogens (tertiary/aromatic N) is 2. The molecule has 0 unspecified atom stereocenters. The van der Waals surface area contributed by atoms with Gasteiger partial charge in [0, 0.05) is 6.08 Å². The molecule has 23 heavy (non-hydrogen) atoms. The molecule has 0 radical (unpaired) electrons. The van der Waals surface area contributed by atoms with E-state index in [1.54, 1.807) is 29.7 Å². The fraction of sp³-hybridized carbons (Fsp3) is 0.0556. The van der Waals surface area contributed by atoms with Crippen LogP contribution in [0.5, 0.6) is 0 Å². The van der Waals surface area contributed by atoms with Crippen LogP contribution in [0.4, 0.5) is 0 Å². The molecule has 0 aliphatic heterocycles. The Hall–Kier alpha value is -3.21. The zero-order valence-corrected chi connectivity index (χ0v) is 12.4. The maximum absolute atomic E-state index is 12.8. The molecule has 0 atom stereocenters. The van der Waals surface area contributed by atoms with Crippen molar-refractivity contribution < 1.29 is 9.90 Å². The summed E-state index contributed by atoms with van der Waals surface area (Å²) in [5.41, 5.74) is 1.80. The van der Waals surface area contributed by atoms with Gasteiger partial charge in [0.25, 0.3) is 5.56 Å². The Bertz CT molecular complexity index is 973. The maximum Gasteiger partial charge on any atom is 0.328 e. The number of fused-ring (bicyclic) bond motifs is 1. The van der Waals surface area contributed by atoms with Crippen molar-refractivity contribution in [2.24, 2.45) is 0 Å². The smallest absolute Gasteiger partial charge is 0.328 e. The summed E-state index contributed by atoms with van der Waals surface area (Å²) in [5, 5.41) is 9.16. The summed E-state index contributed by atoms with van der Waals surface area (Å²) in [4.78, 5) is 27.9. The number of aromatic nitrogens is 2. The van der Waals surface area contributed by atoms with E-state index in [1.165, 1.54) is 6.08 Å². The van der Waals surface area contributed by atoms with Gasteiger partial charge < -0.3 is 5.11 Å². The zero-order valence-electron chi connectivity index (χ0n) is 12.4. The lowest BCUT2D eigenvalue weighted by Crippen LogP contribution is -2.22. The van der Waals surface area contributed by atoms with Crippen molar-refractivity contribution >= 4 is 22.9 Å².